The Hall–Kier alpha value is 1.65. The molecular weight excluding hydrogens is 244 g/mol. The molecule has 0 atom stereocenters. The molecule has 5 heavy (non-hydrogen) atoms. The molecule has 0 fully saturated rings. The fourth-order valence-corrected chi connectivity index (χ4v) is 0. The molecule has 5 heteroatoms. The SMILES string of the molecule is [Al+3].[O-2].[O-2].[O-2].[Tm+3]. The average molecular weight is 244 g/mol. The van der Waals surface area contributed by atoms with Gasteiger partial charge < -0.3 is 16.4 Å². The van der Waals surface area contributed by atoms with Gasteiger partial charge in [-0.25, -0.2) is 0 Å². The molecule has 34 valence electrons. The first-order valence-corrected chi connectivity index (χ1v) is 0. The van der Waals surface area contributed by atoms with Crippen LogP contribution >= 0.6 is 0 Å². The van der Waals surface area contributed by atoms with Gasteiger partial charge in [-0.2, -0.15) is 0 Å². The summed E-state index contributed by atoms with van der Waals surface area (Å²) in [5, 5.41) is 0. The van der Waals surface area contributed by atoms with Crippen LogP contribution in [-0.2, 0) is 16.4 Å². The van der Waals surface area contributed by atoms with Gasteiger partial charge in [-0.1, -0.05) is 0 Å². The van der Waals surface area contributed by atoms with Gasteiger partial charge in [0, 0.05) is 0 Å². The fraction of sp³-hybridized carbons (Fsp3) is 0. The third kappa shape index (κ3) is 27.7. The Bertz CT molecular complexity index is 6.85. The molecule has 0 bridgehead atoms. The molecule has 3 nitrogen and oxygen atoms in total. The van der Waals surface area contributed by atoms with E-state index in [4.69, 9.17) is 0 Å². The van der Waals surface area contributed by atoms with Gasteiger partial charge >= 0.3 is 54.2 Å². The van der Waals surface area contributed by atoms with Crippen LogP contribution in [0.1, 0.15) is 0 Å². The van der Waals surface area contributed by atoms with Crippen molar-refractivity contribution in [3.8, 4) is 0 Å². The van der Waals surface area contributed by atoms with Crippen LogP contribution in [0.15, 0.2) is 0 Å². The molecule has 0 saturated heterocycles. The summed E-state index contributed by atoms with van der Waals surface area (Å²) < 4.78 is 0. The zero-order valence-electron chi connectivity index (χ0n) is 2.08. The molecule has 0 heterocycles. The molecule has 0 amide bonds. The largest absolute Gasteiger partial charge is 3.00 e. The molecular formula is AlO3Tm. The van der Waals surface area contributed by atoms with E-state index in [1.807, 2.05) is 0 Å². The van der Waals surface area contributed by atoms with Crippen molar-refractivity contribution < 1.29 is 53.3 Å². The molecule has 0 rings (SSSR count). The van der Waals surface area contributed by atoms with Crippen LogP contribution < -0.4 is 0 Å². The van der Waals surface area contributed by atoms with E-state index in [9.17, 15) is 0 Å². The van der Waals surface area contributed by atoms with E-state index < -0.39 is 0 Å². The summed E-state index contributed by atoms with van der Waals surface area (Å²) in [5.41, 5.74) is 0. The molecule has 0 aliphatic rings. The maximum Gasteiger partial charge on any atom is 3.00 e. The van der Waals surface area contributed by atoms with Crippen LogP contribution in [0.5, 0.6) is 0 Å². The van der Waals surface area contributed by atoms with Crippen molar-refractivity contribution in [1.29, 1.82) is 0 Å². The molecule has 0 unspecified atom stereocenters. The summed E-state index contributed by atoms with van der Waals surface area (Å²) >= 11 is 0. The molecule has 0 aromatic carbocycles. The topological polar surface area (TPSA) is 85.5 Å². The van der Waals surface area contributed by atoms with Gasteiger partial charge in [0.1, 0.15) is 0 Å². The fourth-order valence-electron chi connectivity index (χ4n) is 0. The number of hydrogen-bond donors (Lipinski definition) is 0. The first kappa shape index (κ1) is 78.2. The Labute approximate surface area is 70.0 Å². The minimum Gasteiger partial charge on any atom is -2.00 e. The minimum absolute atomic E-state index is 0. The smallest absolute Gasteiger partial charge is 2.00 e. The molecule has 0 radical (unpaired) electrons. The van der Waals surface area contributed by atoms with Gasteiger partial charge in [0.15, 0.2) is 0 Å². The van der Waals surface area contributed by atoms with E-state index in [2.05, 4.69) is 0 Å². The molecule has 0 aliphatic carbocycles. The first-order chi connectivity index (χ1) is 0. The van der Waals surface area contributed by atoms with Crippen LogP contribution in [0.4, 0.5) is 0 Å². The third-order valence-corrected chi connectivity index (χ3v) is 0. The first-order valence-electron chi connectivity index (χ1n) is 0. The monoisotopic (exact) mass is 244 g/mol. The van der Waals surface area contributed by atoms with Crippen molar-refractivity contribution in [3.63, 3.8) is 0 Å². The second kappa shape index (κ2) is 45.0. The Balaban J connectivity index is 0. The van der Waals surface area contributed by atoms with E-state index in [1.54, 1.807) is 0 Å². The zero-order chi connectivity index (χ0) is 0. The van der Waals surface area contributed by atoms with E-state index in [0.717, 1.165) is 0 Å². The van der Waals surface area contributed by atoms with Crippen LogP contribution in [0.2, 0.25) is 0 Å². The third-order valence-electron chi connectivity index (χ3n) is 0. The zero-order valence-corrected chi connectivity index (χ0v) is 5.01. The van der Waals surface area contributed by atoms with Gasteiger partial charge in [-0.3, -0.25) is 0 Å². The van der Waals surface area contributed by atoms with Crippen LogP contribution in [-0.4, -0.2) is 17.4 Å². The predicted molar refractivity (Wildman–Crippen MR) is 7.81 cm³/mol. The molecule has 0 aromatic heterocycles. The summed E-state index contributed by atoms with van der Waals surface area (Å²) in [6.45, 7) is 0. The quantitative estimate of drug-likeness (QED) is 0.502. The van der Waals surface area contributed by atoms with E-state index in [1.165, 1.54) is 0 Å². The molecule has 0 aliphatic heterocycles. The predicted octanol–water partition coefficient (Wildman–Crippen LogP) is -0.737. The standard InChI is InChI=1S/Al.3O.Tm/q+3;3*-2;+3. The summed E-state index contributed by atoms with van der Waals surface area (Å²) in [6, 6.07) is 0. The van der Waals surface area contributed by atoms with Crippen LogP contribution in [0.25, 0.3) is 0 Å². The number of rotatable bonds is 0. The van der Waals surface area contributed by atoms with E-state index in [0.29, 0.717) is 0 Å². The molecule has 0 spiro atoms. The van der Waals surface area contributed by atoms with Crippen molar-refractivity contribution in [1.82, 2.24) is 0 Å². The number of hydrogen-bond acceptors (Lipinski definition) is 0. The normalized spacial score (nSPS) is 0. The van der Waals surface area contributed by atoms with Crippen LogP contribution in [0, 0.1) is 36.9 Å². The Morgan fingerprint density at radius 1 is 0.600 bits per heavy atom. The van der Waals surface area contributed by atoms with Crippen LogP contribution in [0.3, 0.4) is 0 Å². The Kier molecular flexibility index (Phi) is 703. The maximum atomic E-state index is 0. The summed E-state index contributed by atoms with van der Waals surface area (Å²) in [4.78, 5) is 0. The van der Waals surface area contributed by atoms with Gasteiger partial charge in [0.05, 0.1) is 0 Å². The van der Waals surface area contributed by atoms with Crippen molar-refractivity contribution in [3.05, 3.63) is 0 Å². The van der Waals surface area contributed by atoms with Crippen molar-refractivity contribution >= 4 is 17.4 Å². The summed E-state index contributed by atoms with van der Waals surface area (Å²) in [5.74, 6) is 0. The summed E-state index contributed by atoms with van der Waals surface area (Å²) in [7, 11) is 0. The van der Waals surface area contributed by atoms with Crippen molar-refractivity contribution in [2.45, 2.75) is 0 Å². The van der Waals surface area contributed by atoms with Gasteiger partial charge in [0.2, 0.25) is 0 Å². The maximum absolute atomic E-state index is 0. The summed E-state index contributed by atoms with van der Waals surface area (Å²) in [6.07, 6.45) is 0. The Morgan fingerprint density at radius 3 is 0.600 bits per heavy atom. The van der Waals surface area contributed by atoms with E-state index >= 15 is 0 Å². The average Bonchev–Trinajstić information content (AvgIpc) is 0. The minimum atomic E-state index is 0. The van der Waals surface area contributed by atoms with Crippen molar-refractivity contribution in [2.24, 2.45) is 0 Å². The van der Waals surface area contributed by atoms with Crippen molar-refractivity contribution in [2.75, 3.05) is 0 Å². The molecule has 0 N–H and O–H groups in total. The van der Waals surface area contributed by atoms with Gasteiger partial charge in [0.25, 0.3) is 0 Å². The molecule has 0 saturated carbocycles. The van der Waals surface area contributed by atoms with Gasteiger partial charge in [-0.05, 0) is 0 Å². The van der Waals surface area contributed by atoms with Gasteiger partial charge in [-0.15, -0.1) is 0 Å². The Morgan fingerprint density at radius 2 is 0.600 bits per heavy atom. The second-order valence-electron chi connectivity index (χ2n) is 0. The van der Waals surface area contributed by atoms with E-state index in [-0.39, 0.29) is 70.7 Å². The second-order valence-corrected chi connectivity index (χ2v) is 0. The molecule has 0 aromatic rings.